The van der Waals surface area contributed by atoms with E-state index >= 15 is 0 Å². The number of rotatable bonds is 10. The van der Waals surface area contributed by atoms with Crippen molar-refractivity contribution in [1.29, 1.82) is 0 Å². The number of aromatic hydroxyl groups is 1. The Hall–Kier alpha value is -3.10. The van der Waals surface area contributed by atoms with E-state index in [9.17, 15) is 35.7 Å². The van der Waals surface area contributed by atoms with E-state index in [1.807, 2.05) is 24.4 Å². The molecule has 5 aliphatic rings. The van der Waals surface area contributed by atoms with Crippen LogP contribution in [0.3, 0.4) is 0 Å². The first-order valence-electron chi connectivity index (χ1n) is 21.7. The molecule has 0 amide bonds. The minimum Gasteiger partial charge on any atom is -0.504 e. The van der Waals surface area contributed by atoms with Gasteiger partial charge in [0.05, 0.1) is 24.4 Å². The van der Waals surface area contributed by atoms with E-state index in [1.165, 1.54) is 0 Å². The summed E-state index contributed by atoms with van der Waals surface area (Å²) in [6.07, 6.45) is 7.24. The third-order valence-electron chi connectivity index (χ3n) is 13.2. The molecule has 1 aromatic heterocycles. The fraction of sp³-hybridized carbons (Fsp3) is 0.609. The minimum absolute atomic E-state index is 0.00444. The van der Waals surface area contributed by atoms with Gasteiger partial charge in [-0.25, -0.2) is 0 Å². The smallest absolute Gasteiger partial charge is 0.161 e. The number of phenolic OH excluding ortho intramolecular Hbond substituents is 1. The van der Waals surface area contributed by atoms with Gasteiger partial charge < -0.3 is 61.8 Å². The van der Waals surface area contributed by atoms with Crippen LogP contribution in [0.25, 0.3) is 0 Å². The van der Waals surface area contributed by atoms with Crippen molar-refractivity contribution in [3.63, 3.8) is 0 Å². The molecule has 60 heavy (non-hydrogen) atoms. The van der Waals surface area contributed by atoms with Gasteiger partial charge in [0.1, 0.15) is 11.9 Å². The number of ether oxygens (including phenoxy) is 1. The molecule has 3 heterocycles. The number of nitrogens with two attached hydrogens (primary N) is 1. The number of dihydropyridines is 1. The Kier molecular flexibility index (Phi) is 15.6. The van der Waals surface area contributed by atoms with Gasteiger partial charge in [-0.05, 0) is 112 Å². The molecular weight excluding hydrogens is 801 g/mol. The molecular formula is C46H64N4O8S2. The lowest BCUT2D eigenvalue weighted by molar-refractivity contribution is -0.0214. The number of benzene rings is 1. The molecule has 0 bridgehead atoms. The third-order valence-corrected chi connectivity index (χ3v) is 15.6. The summed E-state index contributed by atoms with van der Waals surface area (Å²) in [5.74, 6) is 7.09. The van der Waals surface area contributed by atoms with Gasteiger partial charge in [0.25, 0.3) is 0 Å². The molecule has 1 aromatic carbocycles. The molecule has 1 fully saturated rings. The normalized spacial score (nSPS) is 33.0. The summed E-state index contributed by atoms with van der Waals surface area (Å²) in [7, 11) is 3.24. The standard InChI is InChI=1S/C46H64N4O8S2/c1-26(53)22-50-34-8-9-39(54)44-30(5-4-27(15-34)11-14-51)16-28-6-7-29-18-40(55)42(21-37(29)36(28)20-41(44)56)58-43-19-31(17-33-3-2-12-48-33)35-10-13-49-46(47)38(35)25-60-59-24-32(23-52)45(43)57/h2-3,10,12,16,18,21,26-27,30-32,34,36,39,41,43-45,48-57H,6-9,11,13-15,17,19-20,22-25,47H2,1H3. The third kappa shape index (κ3) is 10.7. The molecule has 0 saturated carbocycles. The quantitative estimate of drug-likeness (QED) is 0.0937. The predicted molar refractivity (Wildman–Crippen MR) is 237 cm³/mol. The molecule has 2 aliphatic heterocycles. The summed E-state index contributed by atoms with van der Waals surface area (Å²) in [6.45, 7) is 2.51. The number of nitrogens with one attached hydrogen (secondary N) is 3. The number of hydrogen-bond acceptors (Lipinski definition) is 13. The Labute approximate surface area is 361 Å². The van der Waals surface area contributed by atoms with Crippen molar-refractivity contribution >= 4 is 21.6 Å². The molecule has 7 rings (SSSR count). The highest BCUT2D eigenvalue weighted by Gasteiger charge is 2.41. The molecule has 12 unspecified atom stereocenters. The lowest BCUT2D eigenvalue weighted by atomic mass is 9.76. The van der Waals surface area contributed by atoms with Crippen molar-refractivity contribution in [2.24, 2.45) is 35.3 Å². The summed E-state index contributed by atoms with van der Waals surface area (Å²) in [4.78, 5) is 3.34. The zero-order chi connectivity index (χ0) is 42.3. The molecule has 1 saturated heterocycles. The fourth-order valence-corrected chi connectivity index (χ4v) is 12.5. The zero-order valence-electron chi connectivity index (χ0n) is 34.5. The van der Waals surface area contributed by atoms with Crippen LogP contribution in [-0.4, -0.2) is 115 Å². The van der Waals surface area contributed by atoms with Crippen LogP contribution in [0.2, 0.25) is 0 Å². The molecule has 14 heteroatoms. The Morgan fingerprint density at radius 1 is 1.05 bits per heavy atom. The average Bonchev–Trinajstić information content (AvgIpc) is 3.68. The molecule has 0 radical (unpaired) electrons. The van der Waals surface area contributed by atoms with Gasteiger partial charge in [-0.3, -0.25) is 0 Å². The van der Waals surface area contributed by atoms with Crippen molar-refractivity contribution in [3.8, 4) is 23.3 Å². The maximum atomic E-state index is 12.1. The number of aliphatic hydroxyl groups excluding tert-OH is 6. The first kappa shape index (κ1) is 44.9. The summed E-state index contributed by atoms with van der Waals surface area (Å²) in [5, 5.41) is 84.6. The van der Waals surface area contributed by atoms with Crippen LogP contribution in [-0.2, 0) is 12.8 Å². The highest BCUT2D eigenvalue weighted by molar-refractivity contribution is 8.76. The highest BCUT2D eigenvalue weighted by atomic mass is 33.1. The SMILES string of the molecule is CC(O)CNC1CCC(O)C2C(C#CC(CCO)C1)C=C1CCc3cc(O)c(OC4CC(Cc5ccc[nH]5)C5=CCNC(N)=C5CSSCC(CO)C4O)cc3C1CC2O. The van der Waals surface area contributed by atoms with E-state index < -0.39 is 48.3 Å². The van der Waals surface area contributed by atoms with Gasteiger partial charge in [-0.1, -0.05) is 51.2 Å². The van der Waals surface area contributed by atoms with Crippen molar-refractivity contribution in [3.05, 3.63) is 82.0 Å². The maximum Gasteiger partial charge on any atom is 0.161 e. The molecule has 328 valence electrons. The number of aromatic amines is 1. The Balaban J connectivity index is 1.21. The van der Waals surface area contributed by atoms with E-state index in [2.05, 4.69) is 39.6 Å². The molecule has 12 nitrogen and oxygen atoms in total. The second-order valence-electron chi connectivity index (χ2n) is 17.5. The summed E-state index contributed by atoms with van der Waals surface area (Å²) in [6, 6.07) is 7.64. The largest absolute Gasteiger partial charge is 0.504 e. The number of aryl methyl sites for hydroxylation is 1. The van der Waals surface area contributed by atoms with Gasteiger partial charge in [0.2, 0.25) is 0 Å². The second-order valence-corrected chi connectivity index (χ2v) is 20.0. The van der Waals surface area contributed by atoms with Crippen LogP contribution < -0.4 is 21.1 Å². The lowest BCUT2D eigenvalue weighted by Gasteiger charge is -2.35. The number of fused-ring (bicyclic) bond motifs is 5. The zero-order valence-corrected chi connectivity index (χ0v) is 36.1. The maximum absolute atomic E-state index is 12.1. The summed E-state index contributed by atoms with van der Waals surface area (Å²) in [5.41, 5.74) is 12.8. The predicted octanol–water partition coefficient (Wildman–Crippen LogP) is 3.62. The Morgan fingerprint density at radius 2 is 1.90 bits per heavy atom. The fourth-order valence-electron chi connectivity index (χ4n) is 9.98. The molecule has 12 atom stereocenters. The monoisotopic (exact) mass is 864 g/mol. The molecule has 3 aliphatic carbocycles. The first-order valence-corrected chi connectivity index (χ1v) is 24.2. The van der Waals surface area contributed by atoms with E-state index in [0.29, 0.717) is 81.8 Å². The van der Waals surface area contributed by atoms with Crippen LogP contribution in [0.5, 0.6) is 11.5 Å². The number of aromatic nitrogens is 1. The average molecular weight is 865 g/mol. The van der Waals surface area contributed by atoms with E-state index in [1.54, 1.807) is 34.6 Å². The van der Waals surface area contributed by atoms with Crippen molar-refractivity contribution in [1.82, 2.24) is 15.6 Å². The van der Waals surface area contributed by atoms with Crippen LogP contribution in [0.15, 0.2) is 65.2 Å². The van der Waals surface area contributed by atoms with Crippen molar-refractivity contribution in [2.75, 3.05) is 37.8 Å². The van der Waals surface area contributed by atoms with E-state index in [-0.39, 0.29) is 48.5 Å². The first-order chi connectivity index (χ1) is 29.0. The Bertz CT molecular complexity index is 1910. The van der Waals surface area contributed by atoms with Gasteiger partial charge >= 0.3 is 0 Å². The van der Waals surface area contributed by atoms with Gasteiger partial charge in [0, 0.05) is 90.9 Å². The second kappa shape index (κ2) is 20.8. The lowest BCUT2D eigenvalue weighted by Crippen LogP contribution is -2.42. The van der Waals surface area contributed by atoms with Crippen molar-refractivity contribution in [2.45, 2.75) is 107 Å². The minimum atomic E-state index is -1.05. The number of phenols is 1. The van der Waals surface area contributed by atoms with E-state index in [4.69, 9.17) is 10.5 Å². The van der Waals surface area contributed by atoms with Crippen molar-refractivity contribution < 1.29 is 40.5 Å². The molecule has 2 aromatic rings. The van der Waals surface area contributed by atoms with Gasteiger partial charge in [-0.15, -0.1) is 0 Å². The topological polar surface area (TPSA) is 217 Å². The van der Waals surface area contributed by atoms with Crippen LogP contribution in [0.1, 0.15) is 74.6 Å². The van der Waals surface area contributed by atoms with Crippen LogP contribution in [0.4, 0.5) is 0 Å². The Morgan fingerprint density at radius 3 is 2.67 bits per heavy atom. The number of aliphatic hydroxyl groups is 6. The van der Waals surface area contributed by atoms with E-state index in [0.717, 1.165) is 40.0 Å². The number of hydrogen-bond donors (Lipinski definition) is 11. The van der Waals surface area contributed by atoms with Crippen LogP contribution in [0, 0.1) is 41.4 Å². The number of allylic oxidation sites excluding steroid dienone is 3. The van der Waals surface area contributed by atoms with Gasteiger partial charge in [0.15, 0.2) is 11.5 Å². The van der Waals surface area contributed by atoms with Crippen LogP contribution >= 0.6 is 21.6 Å². The highest BCUT2D eigenvalue weighted by Crippen LogP contribution is 2.48. The van der Waals surface area contributed by atoms with Gasteiger partial charge in [-0.2, -0.15) is 0 Å². The number of H-pyrrole nitrogens is 1. The summed E-state index contributed by atoms with van der Waals surface area (Å²) < 4.78 is 6.80. The molecule has 12 N–H and O–H groups in total. The molecule has 0 spiro atoms. The summed E-state index contributed by atoms with van der Waals surface area (Å²) >= 11 is 0.